The summed E-state index contributed by atoms with van der Waals surface area (Å²) in [5, 5.41) is 9.61. The second-order valence-electron chi connectivity index (χ2n) is 8.95. The molecular weight excluding hydrogens is 446 g/mol. The highest BCUT2D eigenvalue weighted by atomic mass is 35.5. The molecule has 0 saturated carbocycles. The number of hydrogen-bond donors (Lipinski definition) is 1. The first-order valence-corrected chi connectivity index (χ1v) is 12.5. The van der Waals surface area contributed by atoms with Gasteiger partial charge in [0.25, 0.3) is 0 Å². The zero-order valence-corrected chi connectivity index (χ0v) is 20.2. The number of rotatable bonds is 10. The van der Waals surface area contributed by atoms with Gasteiger partial charge in [0.1, 0.15) is 6.10 Å². The van der Waals surface area contributed by atoms with Crippen molar-refractivity contribution in [1.82, 2.24) is 4.90 Å². The molecule has 0 spiro atoms. The Kier molecular flexibility index (Phi) is 8.75. The fourth-order valence-corrected chi connectivity index (χ4v) is 4.88. The summed E-state index contributed by atoms with van der Waals surface area (Å²) in [7, 11) is 0. The molecule has 4 rings (SSSR count). The van der Waals surface area contributed by atoms with Crippen LogP contribution in [0.5, 0.6) is 0 Å². The molecule has 178 valence electrons. The van der Waals surface area contributed by atoms with Crippen LogP contribution in [0.1, 0.15) is 58.8 Å². The van der Waals surface area contributed by atoms with Crippen LogP contribution in [0.3, 0.4) is 0 Å². The third kappa shape index (κ3) is 6.69. The Morgan fingerprint density at radius 1 is 0.941 bits per heavy atom. The number of aryl methyl sites for hydroxylation is 1. The average molecular weight is 478 g/mol. The van der Waals surface area contributed by atoms with Gasteiger partial charge in [-0.1, -0.05) is 78.3 Å². The van der Waals surface area contributed by atoms with E-state index >= 15 is 0 Å². The van der Waals surface area contributed by atoms with Gasteiger partial charge < -0.3 is 14.7 Å². The van der Waals surface area contributed by atoms with Gasteiger partial charge in [-0.3, -0.25) is 0 Å². The Labute approximate surface area is 207 Å². The molecular formula is C29H32ClNO3. The predicted octanol–water partition coefficient (Wildman–Crippen LogP) is 6.63. The zero-order chi connectivity index (χ0) is 23.8. The van der Waals surface area contributed by atoms with Crippen molar-refractivity contribution in [1.29, 1.82) is 0 Å². The van der Waals surface area contributed by atoms with E-state index in [4.69, 9.17) is 21.4 Å². The molecule has 4 nitrogen and oxygen atoms in total. The van der Waals surface area contributed by atoms with E-state index in [9.17, 15) is 4.79 Å². The van der Waals surface area contributed by atoms with E-state index in [0.717, 1.165) is 57.3 Å². The van der Waals surface area contributed by atoms with Crippen LogP contribution in [-0.4, -0.2) is 41.7 Å². The molecule has 1 heterocycles. The topological polar surface area (TPSA) is 49.8 Å². The fourth-order valence-electron chi connectivity index (χ4n) is 4.60. The van der Waals surface area contributed by atoms with Crippen LogP contribution in [0.25, 0.3) is 0 Å². The number of benzene rings is 3. The Morgan fingerprint density at radius 3 is 2.12 bits per heavy atom. The Hall–Kier alpha value is -2.66. The summed E-state index contributed by atoms with van der Waals surface area (Å²) in [6.45, 7) is 3.17. The summed E-state index contributed by atoms with van der Waals surface area (Å²) in [6.07, 6.45) is 5.31. The van der Waals surface area contributed by atoms with E-state index < -0.39 is 5.97 Å². The average Bonchev–Trinajstić information content (AvgIpc) is 2.87. The SMILES string of the molecule is O=C(O)c1ccc(CCCCN2CCC(OC(c3ccccc3)c3ccccc3)CC2)c(Cl)c1. The number of hydrogen-bond acceptors (Lipinski definition) is 3. The van der Waals surface area contributed by atoms with Crippen molar-refractivity contribution in [3.63, 3.8) is 0 Å². The minimum atomic E-state index is -0.945. The molecule has 0 bridgehead atoms. The molecule has 5 heteroatoms. The lowest BCUT2D eigenvalue weighted by Gasteiger charge is -2.34. The molecule has 0 unspecified atom stereocenters. The lowest BCUT2D eigenvalue weighted by Crippen LogP contribution is -2.38. The van der Waals surface area contributed by atoms with Crippen LogP contribution < -0.4 is 0 Å². The lowest BCUT2D eigenvalue weighted by atomic mass is 10.00. The largest absolute Gasteiger partial charge is 0.478 e. The van der Waals surface area contributed by atoms with Crippen LogP contribution in [0.4, 0.5) is 0 Å². The van der Waals surface area contributed by atoms with Crippen molar-refractivity contribution in [3.05, 3.63) is 106 Å². The number of piperidine rings is 1. The summed E-state index contributed by atoms with van der Waals surface area (Å²) in [5.41, 5.74) is 3.66. The molecule has 1 N–H and O–H groups in total. The summed E-state index contributed by atoms with van der Waals surface area (Å²) in [6, 6.07) is 26.0. The van der Waals surface area contributed by atoms with Crippen molar-refractivity contribution >= 4 is 17.6 Å². The minimum Gasteiger partial charge on any atom is -0.478 e. The third-order valence-electron chi connectivity index (χ3n) is 6.54. The van der Waals surface area contributed by atoms with Crippen molar-refractivity contribution < 1.29 is 14.6 Å². The molecule has 1 fully saturated rings. The molecule has 1 aliphatic rings. The number of aromatic carboxylic acids is 1. The number of carbonyl (C=O) groups is 1. The quantitative estimate of drug-likeness (QED) is 0.333. The maximum absolute atomic E-state index is 11.1. The zero-order valence-electron chi connectivity index (χ0n) is 19.4. The maximum Gasteiger partial charge on any atom is 0.335 e. The van der Waals surface area contributed by atoms with E-state index in [1.54, 1.807) is 12.1 Å². The predicted molar refractivity (Wildman–Crippen MR) is 137 cm³/mol. The Morgan fingerprint density at radius 2 is 1.56 bits per heavy atom. The molecule has 0 radical (unpaired) electrons. The van der Waals surface area contributed by atoms with E-state index in [1.807, 2.05) is 18.2 Å². The summed E-state index contributed by atoms with van der Waals surface area (Å²) in [4.78, 5) is 13.6. The lowest BCUT2D eigenvalue weighted by molar-refractivity contribution is -0.0270. The second-order valence-corrected chi connectivity index (χ2v) is 9.35. The second kappa shape index (κ2) is 12.2. The maximum atomic E-state index is 11.1. The number of nitrogens with zero attached hydrogens (tertiary/aromatic N) is 1. The molecule has 3 aromatic rings. The molecule has 34 heavy (non-hydrogen) atoms. The number of likely N-dealkylation sites (tertiary alicyclic amines) is 1. The molecule has 1 aliphatic heterocycles. The van der Waals surface area contributed by atoms with Crippen LogP contribution in [0, 0.1) is 0 Å². The van der Waals surface area contributed by atoms with Gasteiger partial charge in [-0.15, -0.1) is 0 Å². The van der Waals surface area contributed by atoms with Crippen molar-refractivity contribution in [2.75, 3.05) is 19.6 Å². The summed E-state index contributed by atoms with van der Waals surface area (Å²) >= 11 is 6.26. The van der Waals surface area contributed by atoms with Gasteiger partial charge in [-0.05, 0) is 67.5 Å². The van der Waals surface area contributed by atoms with Crippen LogP contribution in [-0.2, 0) is 11.2 Å². The number of unbranched alkanes of at least 4 members (excludes halogenated alkanes) is 1. The van der Waals surface area contributed by atoms with E-state index in [-0.39, 0.29) is 17.8 Å². The molecule has 1 saturated heterocycles. The minimum absolute atomic E-state index is 0.0313. The Bertz CT molecular complexity index is 1010. The van der Waals surface area contributed by atoms with Crippen molar-refractivity contribution in [2.24, 2.45) is 0 Å². The summed E-state index contributed by atoms with van der Waals surface area (Å²) in [5.74, 6) is -0.945. The molecule has 0 amide bonds. The van der Waals surface area contributed by atoms with Gasteiger partial charge in [-0.2, -0.15) is 0 Å². The third-order valence-corrected chi connectivity index (χ3v) is 6.89. The van der Waals surface area contributed by atoms with Gasteiger partial charge in [0, 0.05) is 18.1 Å². The standard InChI is InChI=1S/C29H32ClNO3/c30-27-21-25(29(32)33)15-14-22(27)9-7-8-18-31-19-16-26(17-20-31)34-28(23-10-3-1-4-11-23)24-12-5-2-6-13-24/h1-6,10-15,21,26,28H,7-9,16-20H2,(H,32,33). The first-order valence-electron chi connectivity index (χ1n) is 12.1. The normalized spacial score (nSPS) is 15.0. The van der Waals surface area contributed by atoms with Crippen molar-refractivity contribution in [2.45, 2.75) is 44.3 Å². The smallest absolute Gasteiger partial charge is 0.335 e. The molecule has 0 atom stereocenters. The number of carboxylic acids is 1. The van der Waals surface area contributed by atoms with Crippen LogP contribution in [0.2, 0.25) is 5.02 Å². The van der Waals surface area contributed by atoms with Crippen molar-refractivity contribution in [3.8, 4) is 0 Å². The monoisotopic (exact) mass is 477 g/mol. The highest BCUT2D eigenvalue weighted by Crippen LogP contribution is 2.30. The number of ether oxygens (including phenoxy) is 1. The van der Waals surface area contributed by atoms with E-state index in [0.29, 0.717) is 5.02 Å². The van der Waals surface area contributed by atoms with Crippen LogP contribution in [0.15, 0.2) is 78.9 Å². The van der Waals surface area contributed by atoms with Crippen LogP contribution >= 0.6 is 11.6 Å². The van der Waals surface area contributed by atoms with Gasteiger partial charge in [-0.25, -0.2) is 4.79 Å². The molecule has 0 aromatic heterocycles. The van der Waals surface area contributed by atoms with Gasteiger partial charge in [0.15, 0.2) is 0 Å². The first kappa shape index (κ1) is 24.5. The highest BCUT2D eigenvalue weighted by Gasteiger charge is 2.24. The first-order chi connectivity index (χ1) is 16.6. The van der Waals surface area contributed by atoms with Gasteiger partial charge >= 0.3 is 5.97 Å². The summed E-state index contributed by atoms with van der Waals surface area (Å²) < 4.78 is 6.65. The number of halogens is 1. The number of carboxylic acid groups (broad SMARTS) is 1. The molecule has 3 aromatic carbocycles. The van der Waals surface area contributed by atoms with Gasteiger partial charge in [0.2, 0.25) is 0 Å². The molecule has 0 aliphatic carbocycles. The van der Waals surface area contributed by atoms with E-state index in [2.05, 4.69) is 53.4 Å². The Balaban J connectivity index is 1.23. The van der Waals surface area contributed by atoms with Gasteiger partial charge in [0.05, 0.1) is 11.7 Å². The highest BCUT2D eigenvalue weighted by molar-refractivity contribution is 6.31. The van der Waals surface area contributed by atoms with E-state index in [1.165, 1.54) is 11.1 Å². The fraction of sp³-hybridized carbons (Fsp3) is 0.345.